The van der Waals surface area contributed by atoms with E-state index in [9.17, 15) is 5.11 Å². The van der Waals surface area contributed by atoms with Gasteiger partial charge in [-0.3, -0.25) is 0 Å². The molecule has 0 aliphatic carbocycles. The molecule has 1 aromatic rings. The summed E-state index contributed by atoms with van der Waals surface area (Å²) in [6, 6.07) is 10.1. The van der Waals surface area contributed by atoms with Gasteiger partial charge in [-0.05, 0) is 32.3 Å². The molecule has 0 saturated carbocycles. The minimum atomic E-state index is -0.490. The molecule has 1 aliphatic rings. The first kappa shape index (κ1) is 16.4. The molecule has 0 radical (unpaired) electrons. The van der Waals surface area contributed by atoms with Crippen LogP contribution < -0.4 is 5.32 Å². The Kier molecular flexibility index (Phi) is 6.18. The van der Waals surface area contributed by atoms with Crippen molar-refractivity contribution in [1.29, 1.82) is 0 Å². The van der Waals surface area contributed by atoms with Gasteiger partial charge in [-0.25, -0.2) is 0 Å². The van der Waals surface area contributed by atoms with E-state index >= 15 is 0 Å². The number of hydrogen-bond acceptors (Lipinski definition) is 4. The SMILES string of the molecule is CC(OCC(O)CNC1(C)CCOCC1)c1ccccc1. The van der Waals surface area contributed by atoms with E-state index in [2.05, 4.69) is 12.2 Å². The topological polar surface area (TPSA) is 50.7 Å². The fourth-order valence-electron chi connectivity index (χ4n) is 2.50. The Balaban J connectivity index is 1.68. The van der Waals surface area contributed by atoms with Gasteiger partial charge in [0, 0.05) is 25.3 Å². The number of ether oxygens (including phenoxy) is 2. The summed E-state index contributed by atoms with van der Waals surface area (Å²) in [6.45, 7) is 6.68. The number of rotatable bonds is 7. The first-order valence-electron chi connectivity index (χ1n) is 7.76. The lowest BCUT2D eigenvalue weighted by Gasteiger charge is -2.35. The van der Waals surface area contributed by atoms with Crippen LogP contribution in [0.1, 0.15) is 38.4 Å². The smallest absolute Gasteiger partial charge is 0.0898 e. The van der Waals surface area contributed by atoms with E-state index in [0.29, 0.717) is 13.2 Å². The van der Waals surface area contributed by atoms with E-state index in [1.807, 2.05) is 37.3 Å². The zero-order chi connectivity index (χ0) is 15.1. The Morgan fingerprint density at radius 2 is 1.95 bits per heavy atom. The fraction of sp³-hybridized carbons (Fsp3) is 0.647. The van der Waals surface area contributed by atoms with Crippen LogP contribution >= 0.6 is 0 Å². The van der Waals surface area contributed by atoms with Crippen LogP contribution in [0.4, 0.5) is 0 Å². The Labute approximate surface area is 127 Å². The lowest BCUT2D eigenvalue weighted by atomic mass is 9.92. The van der Waals surface area contributed by atoms with Crippen molar-refractivity contribution in [3.63, 3.8) is 0 Å². The highest BCUT2D eigenvalue weighted by atomic mass is 16.5. The Bertz CT molecular complexity index is 404. The molecule has 0 bridgehead atoms. The van der Waals surface area contributed by atoms with Gasteiger partial charge in [-0.2, -0.15) is 0 Å². The van der Waals surface area contributed by atoms with Gasteiger partial charge < -0.3 is 19.9 Å². The molecule has 1 aliphatic heterocycles. The molecule has 1 aromatic carbocycles. The maximum Gasteiger partial charge on any atom is 0.0898 e. The zero-order valence-corrected chi connectivity index (χ0v) is 13.0. The Morgan fingerprint density at radius 3 is 2.62 bits per heavy atom. The minimum Gasteiger partial charge on any atom is -0.389 e. The monoisotopic (exact) mass is 293 g/mol. The predicted molar refractivity (Wildman–Crippen MR) is 83.3 cm³/mol. The molecule has 0 aromatic heterocycles. The molecule has 118 valence electrons. The number of β-amino-alcohol motifs (C(OH)–C–C–N with tert-alkyl or cyclic N) is 1. The predicted octanol–water partition coefficient (Wildman–Crippen LogP) is 2.28. The third-order valence-electron chi connectivity index (χ3n) is 4.17. The van der Waals surface area contributed by atoms with Crippen LogP contribution in [0.5, 0.6) is 0 Å². The second-order valence-corrected chi connectivity index (χ2v) is 6.09. The third-order valence-corrected chi connectivity index (χ3v) is 4.17. The van der Waals surface area contributed by atoms with Crippen LogP contribution in [0.15, 0.2) is 30.3 Å². The molecule has 2 atom stereocenters. The van der Waals surface area contributed by atoms with Gasteiger partial charge in [-0.15, -0.1) is 0 Å². The Hall–Kier alpha value is -0.940. The van der Waals surface area contributed by atoms with E-state index in [4.69, 9.17) is 9.47 Å². The van der Waals surface area contributed by atoms with Gasteiger partial charge in [0.2, 0.25) is 0 Å². The van der Waals surface area contributed by atoms with Crippen LogP contribution in [-0.4, -0.2) is 43.1 Å². The maximum atomic E-state index is 10.1. The van der Waals surface area contributed by atoms with E-state index in [1.165, 1.54) is 0 Å². The quantitative estimate of drug-likeness (QED) is 0.810. The molecule has 0 spiro atoms. The van der Waals surface area contributed by atoms with Crippen molar-refractivity contribution >= 4 is 0 Å². The number of aliphatic hydroxyl groups excluding tert-OH is 1. The fourth-order valence-corrected chi connectivity index (χ4v) is 2.50. The molecule has 2 rings (SSSR count). The highest BCUT2D eigenvalue weighted by Crippen LogP contribution is 2.20. The number of nitrogens with one attached hydrogen (secondary N) is 1. The van der Waals surface area contributed by atoms with Crippen molar-refractivity contribution in [3.05, 3.63) is 35.9 Å². The molecular weight excluding hydrogens is 266 g/mol. The minimum absolute atomic E-state index is 0.000447. The molecule has 2 N–H and O–H groups in total. The standard InChI is InChI=1S/C17H27NO3/c1-14(15-6-4-3-5-7-15)21-13-16(19)12-18-17(2)8-10-20-11-9-17/h3-7,14,16,18-19H,8-13H2,1-2H3. The molecule has 1 fully saturated rings. The van der Waals surface area contributed by atoms with Crippen LogP contribution in [0, 0.1) is 0 Å². The molecule has 4 heteroatoms. The van der Waals surface area contributed by atoms with Crippen LogP contribution in [0.2, 0.25) is 0 Å². The van der Waals surface area contributed by atoms with E-state index in [0.717, 1.165) is 31.6 Å². The zero-order valence-electron chi connectivity index (χ0n) is 13.0. The normalized spacial score (nSPS) is 20.9. The van der Waals surface area contributed by atoms with Gasteiger partial charge in [0.1, 0.15) is 0 Å². The maximum absolute atomic E-state index is 10.1. The van der Waals surface area contributed by atoms with Crippen LogP contribution in [0.25, 0.3) is 0 Å². The first-order valence-corrected chi connectivity index (χ1v) is 7.76. The summed E-state index contributed by atoms with van der Waals surface area (Å²) in [5.74, 6) is 0. The molecule has 4 nitrogen and oxygen atoms in total. The summed E-state index contributed by atoms with van der Waals surface area (Å²) in [7, 11) is 0. The summed E-state index contributed by atoms with van der Waals surface area (Å²) in [6.07, 6.45) is 1.48. The first-order chi connectivity index (χ1) is 10.1. The highest BCUT2D eigenvalue weighted by molar-refractivity contribution is 5.16. The van der Waals surface area contributed by atoms with E-state index in [-0.39, 0.29) is 11.6 Å². The van der Waals surface area contributed by atoms with Gasteiger partial charge >= 0.3 is 0 Å². The van der Waals surface area contributed by atoms with Gasteiger partial charge in [0.15, 0.2) is 0 Å². The van der Waals surface area contributed by atoms with Crippen LogP contribution in [0.3, 0.4) is 0 Å². The van der Waals surface area contributed by atoms with E-state index in [1.54, 1.807) is 0 Å². The molecule has 1 saturated heterocycles. The second-order valence-electron chi connectivity index (χ2n) is 6.09. The number of hydrogen-bond donors (Lipinski definition) is 2. The largest absolute Gasteiger partial charge is 0.389 e. The average Bonchev–Trinajstić information content (AvgIpc) is 2.52. The molecule has 21 heavy (non-hydrogen) atoms. The Morgan fingerprint density at radius 1 is 1.29 bits per heavy atom. The molecule has 0 amide bonds. The second kappa shape index (κ2) is 7.90. The summed E-state index contributed by atoms with van der Waals surface area (Å²) in [5, 5.41) is 13.5. The molecule has 2 unspecified atom stereocenters. The summed E-state index contributed by atoms with van der Waals surface area (Å²) in [5.41, 5.74) is 1.21. The van der Waals surface area contributed by atoms with Crippen molar-refractivity contribution in [1.82, 2.24) is 5.32 Å². The van der Waals surface area contributed by atoms with Crippen molar-refractivity contribution in [2.45, 2.75) is 44.4 Å². The van der Waals surface area contributed by atoms with Gasteiger partial charge in [-0.1, -0.05) is 30.3 Å². The van der Waals surface area contributed by atoms with Crippen molar-refractivity contribution < 1.29 is 14.6 Å². The van der Waals surface area contributed by atoms with Crippen molar-refractivity contribution in [3.8, 4) is 0 Å². The highest BCUT2D eigenvalue weighted by Gasteiger charge is 2.27. The lowest BCUT2D eigenvalue weighted by Crippen LogP contribution is -2.49. The molecular formula is C17H27NO3. The summed E-state index contributed by atoms with van der Waals surface area (Å²) >= 11 is 0. The van der Waals surface area contributed by atoms with Gasteiger partial charge in [0.25, 0.3) is 0 Å². The number of aliphatic hydroxyl groups is 1. The van der Waals surface area contributed by atoms with Crippen LogP contribution in [-0.2, 0) is 9.47 Å². The number of benzene rings is 1. The van der Waals surface area contributed by atoms with Crippen molar-refractivity contribution in [2.24, 2.45) is 0 Å². The average molecular weight is 293 g/mol. The molecule has 1 heterocycles. The lowest BCUT2D eigenvalue weighted by molar-refractivity contribution is -0.0102. The van der Waals surface area contributed by atoms with Crippen molar-refractivity contribution in [2.75, 3.05) is 26.4 Å². The van der Waals surface area contributed by atoms with E-state index < -0.39 is 6.10 Å². The third kappa shape index (κ3) is 5.40. The van der Waals surface area contributed by atoms with Gasteiger partial charge in [0.05, 0.1) is 18.8 Å². The summed E-state index contributed by atoms with van der Waals surface area (Å²) < 4.78 is 11.1. The summed E-state index contributed by atoms with van der Waals surface area (Å²) in [4.78, 5) is 0.